The Kier molecular flexibility index (Phi) is 6.77. The van der Waals surface area contributed by atoms with E-state index in [1.807, 2.05) is 4.90 Å². The van der Waals surface area contributed by atoms with Crippen molar-refractivity contribution < 1.29 is 19.4 Å². The van der Waals surface area contributed by atoms with Crippen molar-refractivity contribution in [3.63, 3.8) is 0 Å². The minimum atomic E-state index is -0.745. The van der Waals surface area contributed by atoms with Crippen molar-refractivity contribution in [2.45, 2.75) is 51.4 Å². The molecular formula is C17H29NO4S. The van der Waals surface area contributed by atoms with Crippen molar-refractivity contribution >= 4 is 23.6 Å². The molecule has 0 aliphatic carbocycles. The van der Waals surface area contributed by atoms with Gasteiger partial charge in [0.25, 0.3) is 0 Å². The summed E-state index contributed by atoms with van der Waals surface area (Å²) in [6, 6.07) is 0. The van der Waals surface area contributed by atoms with Crippen LogP contribution < -0.4 is 0 Å². The van der Waals surface area contributed by atoms with Gasteiger partial charge in [-0.1, -0.05) is 20.8 Å². The van der Waals surface area contributed by atoms with Gasteiger partial charge < -0.3 is 14.7 Å². The molecule has 2 saturated heterocycles. The van der Waals surface area contributed by atoms with Crippen LogP contribution in [0.25, 0.3) is 0 Å². The molecule has 2 aliphatic rings. The first-order chi connectivity index (χ1) is 11.0. The molecule has 5 nitrogen and oxygen atoms in total. The summed E-state index contributed by atoms with van der Waals surface area (Å²) < 4.78 is 5.70. The lowest BCUT2D eigenvalue weighted by molar-refractivity contribution is -0.146. The van der Waals surface area contributed by atoms with E-state index in [0.717, 1.165) is 31.7 Å². The fourth-order valence-electron chi connectivity index (χ4n) is 3.70. The monoisotopic (exact) mass is 343 g/mol. The lowest BCUT2D eigenvalue weighted by Crippen LogP contribution is -2.47. The summed E-state index contributed by atoms with van der Waals surface area (Å²) in [6.45, 7) is 8.28. The molecule has 2 fully saturated rings. The summed E-state index contributed by atoms with van der Waals surface area (Å²) in [5.74, 6) is 0.666. The van der Waals surface area contributed by atoms with Crippen LogP contribution in [-0.4, -0.2) is 58.7 Å². The first-order valence-corrected chi connectivity index (χ1v) is 9.75. The molecule has 23 heavy (non-hydrogen) atoms. The predicted octanol–water partition coefficient (Wildman–Crippen LogP) is 2.49. The lowest BCUT2D eigenvalue weighted by atomic mass is 9.84. The molecule has 2 aliphatic heterocycles. The van der Waals surface area contributed by atoms with Crippen molar-refractivity contribution in [3.8, 4) is 0 Å². The molecule has 0 aromatic heterocycles. The zero-order chi connectivity index (χ0) is 17.0. The van der Waals surface area contributed by atoms with Crippen LogP contribution in [0.2, 0.25) is 0 Å². The van der Waals surface area contributed by atoms with Crippen molar-refractivity contribution in [3.05, 3.63) is 0 Å². The van der Waals surface area contributed by atoms with Gasteiger partial charge in [-0.05, 0) is 36.9 Å². The van der Waals surface area contributed by atoms with Crippen LogP contribution in [0.4, 0.5) is 0 Å². The van der Waals surface area contributed by atoms with Gasteiger partial charge in [0.15, 0.2) is 0 Å². The Morgan fingerprint density at radius 1 is 1.26 bits per heavy atom. The van der Waals surface area contributed by atoms with Gasteiger partial charge in [-0.2, -0.15) is 0 Å². The van der Waals surface area contributed by atoms with Gasteiger partial charge >= 0.3 is 5.97 Å². The van der Waals surface area contributed by atoms with Crippen LogP contribution in [0.5, 0.6) is 0 Å². The van der Waals surface area contributed by atoms with Crippen LogP contribution in [0.15, 0.2) is 0 Å². The van der Waals surface area contributed by atoms with E-state index in [1.54, 1.807) is 11.8 Å². The molecule has 0 saturated carbocycles. The Morgan fingerprint density at radius 3 is 2.43 bits per heavy atom. The van der Waals surface area contributed by atoms with E-state index in [0.29, 0.717) is 18.9 Å². The van der Waals surface area contributed by atoms with Crippen molar-refractivity contribution in [2.24, 2.45) is 17.8 Å². The van der Waals surface area contributed by atoms with E-state index in [2.05, 4.69) is 20.8 Å². The van der Waals surface area contributed by atoms with E-state index >= 15 is 0 Å². The number of piperidine rings is 1. The summed E-state index contributed by atoms with van der Waals surface area (Å²) >= 11 is 1.72. The third-order valence-corrected chi connectivity index (χ3v) is 6.40. The maximum absolute atomic E-state index is 12.7. The fraction of sp³-hybridized carbons (Fsp3) is 0.882. The van der Waals surface area contributed by atoms with E-state index in [1.165, 1.54) is 0 Å². The van der Waals surface area contributed by atoms with Gasteiger partial charge in [0.1, 0.15) is 0 Å². The number of carbonyl (C=O) groups is 2. The van der Waals surface area contributed by atoms with Crippen LogP contribution in [0.3, 0.4) is 0 Å². The third-order valence-electron chi connectivity index (χ3n) is 4.96. The highest BCUT2D eigenvalue weighted by atomic mass is 32.2. The highest BCUT2D eigenvalue weighted by molar-refractivity contribution is 8.00. The SMILES string of the molecule is CCSC(C(=O)N1CCC([C@@H]2OCCC2C(=O)O)CC1)C(C)C. The van der Waals surface area contributed by atoms with E-state index in [-0.39, 0.29) is 29.1 Å². The molecular weight excluding hydrogens is 314 g/mol. The number of hydrogen-bond donors (Lipinski definition) is 1. The molecule has 2 rings (SSSR count). The minimum Gasteiger partial charge on any atom is -0.481 e. The number of hydrogen-bond acceptors (Lipinski definition) is 4. The second-order valence-corrected chi connectivity index (χ2v) is 8.27. The first-order valence-electron chi connectivity index (χ1n) is 8.70. The molecule has 0 spiro atoms. The number of ether oxygens (including phenoxy) is 1. The number of aliphatic carboxylic acids is 1. The van der Waals surface area contributed by atoms with Gasteiger partial charge in [-0.3, -0.25) is 9.59 Å². The van der Waals surface area contributed by atoms with E-state index < -0.39 is 5.97 Å². The second kappa shape index (κ2) is 8.38. The minimum absolute atomic E-state index is 0.0334. The molecule has 132 valence electrons. The van der Waals surface area contributed by atoms with Gasteiger partial charge in [-0.15, -0.1) is 11.8 Å². The summed E-state index contributed by atoms with van der Waals surface area (Å²) in [5, 5.41) is 9.33. The lowest BCUT2D eigenvalue weighted by Gasteiger charge is -2.37. The number of nitrogens with zero attached hydrogens (tertiary/aromatic N) is 1. The molecule has 1 amide bonds. The number of likely N-dealkylation sites (tertiary alicyclic amines) is 1. The van der Waals surface area contributed by atoms with Crippen LogP contribution in [0, 0.1) is 17.8 Å². The second-order valence-electron chi connectivity index (χ2n) is 6.85. The summed E-state index contributed by atoms with van der Waals surface area (Å²) in [5.41, 5.74) is 0. The number of rotatable bonds is 6. The Morgan fingerprint density at radius 2 is 1.91 bits per heavy atom. The quantitative estimate of drug-likeness (QED) is 0.802. The average Bonchev–Trinajstić information content (AvgIpc) is 3.01. The molecule has 6 heteroatoms. The standard InChI is InChI=1S/C17H29NO4S/c1-4-23-15(11(2)3)16(19)18-8-5-12(6-9-18)14-13(17(20)21)7-10-22-14/h11-15H,4-10H2,1-3H3,(H,20,21)/t13?,14-,15?/m0/s1. The molecule has 0 radical (unpaired) electrons. The smallest absolute Gasteiger partial charge is 0.309 e. The largest absolute Gasteiger partial charge is 0.481 e. The van der Waals surface area contributed by atoms with E-state index in [4.69, 9.17) is 4.74 Å². The molecule has 1 N–H and O–H groups in total. The van der Waals surface area contributed by atoms with Gasteiger partial charge in [-0.25, -0.2) is 0 Å². The first kappa shape index (κ1) is 18.6. The molecule has 2 heterocycles. The number of carboxylic acids is 1. The third kappa shape index (κ3) is 4.41. The Hall–Kier alpha value is -0.750. The molecule has 2 unspecified atom stereocenters. The van der Waals surface area contributed by atoms with Crippen LogP contribution in [0.1, 0.15) is 40.0 Å². The van der Waals surface area contributed by atoms with Crippen molar-refractivity contribution in [1.29, 1.82) is 0 Å². The number of carboxylic acid groups (broad SMARTS) is 1. The Bertz CT molecular complexity index is 421. The highest BCUT2D eigenvalue weighted by Gasteiger charge is 2.41. The fourth-order valence-corrected chi connectivity index (χ4v) is 4.73. The summed E-state index contributed by atoms with van der Waals surface area (Å²) in [4.78, 5) is 26.0. The maximum Gasteiger partial charge on any atom is 0.309 e. The molecule has 0 bridgehead atoms. The zero-order valence-corrected chi connectivity index (χ0v) is 15.2. The number of carbonyl (C=O) groups excluding carboxylic acids is 1. The molecule has 3 atom stereocenters. The normalized spacial score (nSPS) is 27.4. The highest BCUT2D eigenvalue weighted by Crippen LogP contribution is 2.34. The Labute approximate surface area is 143 Å². The van der Waals surface area contributed by atoms with E-state index in [9.17, 15) is 14.7 Å². The topological polar surface area (TPSA) is 66.8 Å². The van der Waals surface area contributed by atoms with Crippen LogP contribution in [-0.2, 0) is 14.3 Å². The van der Waals surface area contributed by atoms with Crippen molar-refractivity contribution in [1.82, 2.24) is 4.90 Å². The predicted molar refractivity (Wildman–Crippen MR) is 91.5 cm³/mol. The molecule has 0 aromatic carbocycles. The summed E-state index contributed by atoms with van der Waals surface area (Å²) in [7, 11) is 0. The number of thioether (sulfide) groups is 1. The van der Waals surface area contributed by atoms with Gasteiger partial charge in [0.2, 0.25) is 5.91 Å². The van der Waals surface area contributed by atoms with Crippen LogP contribution >= 0.6 is 11.8 Å². The van der Waals surface area contributed by atoms with Gasteiger partial charge in [0.05, 0.1) is 17.3 Å². The Balaban J connectivity index is 1.90. The zero-order valence-electron chi connectivity index (χ0n) is 14.4. The van der Waals surface area contributed by atoms with Crippen molar-refractivity contribution in [2.75, 3.05) is 25.4 Å². The number of amides is 1. The van der Waals surface area contributed by atoms with Gasteiger partial charge in [0, 0.05) is 19.7 Å². The average molecular weight is 343 g/mol. The molecule has 0 aromatic rings. The maximum atomic E-state index is 12.7. The summed E-state index contributed by atoms with van der Waals surface area (Å²) in [6.07, 6.45) is 2.14.